The minimum atomic E-state index is -4.06. The first-order valence-electron chi connectivity index (χ1n) is 10.2. The predicted octanol–water partition coefficient (Wildman–Crippen LogP) is 4.54. The number of aromatic hydroxyl groups is 1. The number of fused-ring (bicyclic) bond motifs is 1. The number of anilines is 1. The van der Waals surface area contributed by atoms with E-state index < -0.39 is 22.5 Å². The average molecular weight is 494 g/mol. The number of hydrazone groups is 1. The molecule has 9 heteroatoms. The van der Waals surface area contributed by atoms with Gasteiger partial charge in [0.25, 0.3) is 15.9 Å². The van der Waals surface area contributed by atoms with E-state index in [0.717, 1.165) is 15.1 Å². The van der Waals surface area contributed by atoms with Crippen molar-refractivity contribution in [3.63, 3.8) is 0 Å². The first kappa shape index (κ1) is 23.3. The van der Waals surface area contributed by atoms with E-state index in [4.69, 9.17) is 11.6 Å². The lowest BCUT2D eigenvalue weighted by Crippen LogP contribution is -2.39. The minimum absolute atomic E-state index is 0.00362. The topological polar surface area (TPSA) is 99.1 Å². The highest BCUT2D eigenvalue weighted by atomic mass is 35.5. The molecule has 0 aliphatic rings. The van der Waals surface area contributed by atoms with Gasteiger partial charge >= 0.3 is 0 Å². The van der Waals surface area contributed by atoms with Crippen molar-refractivity contribution < 1.29 is 18.3 Å². The zero-order chi connectivity index (χ0) is 24.1. The number of nitrogens with one attached hydrogen (secondary N) is 1. The molecule has 0 aliphatic carbocycles. The van der Waals surface area contributed by atoms with Crippen LogP contribution < -0.4 is 9.73 Å². The molecule has 0 fully saturated rings. The minimum Gasteiger partial charge on any atom is -0.507 e. The van der Waals surface area contributed by atoms with Gasteiger partial charge in [-0.05, 0) is 47.2 Å². The van der Waals surface area contributed by atoms with Gasteiger partial charge in [-0.2, -0.15) is 5.10 Å². The van der Waals surface area contributed by atoms with Gasteiger partial charge in [-0.3, -0.25) is 9.10 Å². The lowest BCUT2D eigenvalue weighted by Gasteiger charge is -2.23. The van der Waals surface area contributed by atoms with Crippen LogP contribution in [-0.4, -0.2) is 32.2 Å². The zero-order valence-corrected chi connectivity index (χ0v) is 19.4. The lowest BCUT2D eigenvalue weighted by molar-refractivity contribution is -0.119. The van der Waals surface area contributed by atoms with Gasteiger partial charge in [0.05, 0.1) is 16.8 Å². The van der Waals surface area contributed by atoms with Crippen LogP contribution in [0.15, 0.2) is 101 Å². The van der Waals surface area contributed by atoms with Crippen LogP contribution >= 0.6 is 11.6 Å². The Labute approximate surface area is 202 Å². The summed E-state index contributed by atoms with van der Waals surface area (Å²) in [4.78, 5) is 12.7. The highest BCUT2D eigenvalue weighted by molar-refractivity contribution is 7.92. The van der Waals surface area contributed by atoms with Crippen molar-refractivity contribution in [2.75, 3.05) is 10.8 Å². The Bertz CT molecular complexity index is 1470. The van der Waals surface area contributed by atoms with Crippen LogP contribution in [0.4, 0.5) is 5.69 Å². The first-order valence-corrected chi connectivity index (χ1v) is 12.0. The van der Waals surface area contributed by atoms with Gasteiger partial charge < -0.3 is 5.11 Å². The van der Waals surface area contributed by atoms with Gasteiger partial charge in [-0.15, -0.1) is 0 Å². The summed E-state index contributed by atoms with van der Waals surface area (Å²) in [6.07, 6.45) is 1.32. The number of phenols is 1. The molecule has 0 saturated carbocycles. The Morgan fingerprint density at radius 3 is 2.47 bits per heavy atom. The molecule has 1 amide bonds. The van der Waals surface area contributed by atoms with Crippen LogP contribution in [0.3, 0.4) is 0 Å². The van der Waals surface area contributed by atoms with E-state index in [1.54, 1.807) is 48.5 Å². The number of benzene rings is 4. The number of rotatable bonds is 7. The molecule has 4 aromatic rings. The van der Waals surface area contributed by atoms with Crippen molar-refractivity contribution in [3.05, 3.63) is 102 Å². The zero-order valence-electron chi connectivity index (χ0n) is 17.8. The van der Waals surface area contributed by atoms with Crippen molar-refractivity contribution in [2.24, 2.45) is 5.10 Å². The van der Waals surface area contributed by atoms with Gasteiger partial charge in [-0.25, -0.2) is 13.8 Å². The first-order chi connectivity index (χ1) is 16.4. The molecule has 2 N–H and O–H groups in total. The number of hydrogen-bond acceptors (Lipinski definition) is 5. The molecule has 4 aromatic carbocycles. The molecule has 0 atom stereocenters. The molecular formula is C25H20ClN3O4S. The molecule has 0 aromatic heterocycles. The standard InChI is InChI=1S/C25H20ClN3O4S/c26-19-8-6-9-20(15-19)29(34(32,33)21-10-2-1-3-11-21)17-25(31)28-27-16-23-22-12-5-4-7-18(22)13-14-24(23)30/h1-16,30H,17H2,(H,28,31)/b27-16-. The molecule has 34 heavy (non-hydrogen) atoms. The summed E-state index contributed by atoms with van der Waals surface area (Å²) in [5, 5.41) is 16.1. The largest absolute Gasteiger partial charge is 0.507 e. The predicted molar refractivity (Wildman–Crippen MR) is 134 cm³/mol. The SMILES string of the molecule is O=C(CN(c1cccc(Cl)c1)S(=O)(=O)c1ccccc1)N/N=C\c1c(O)ccc2ccccc12. The molecule has 0 aliphatic heterocycles. The number of sulfonamides is 1. The Morgan fingerprint density at radius 2 is 1.71 bits per heavy atom. The van der Waals surface area contributed by atoms with E-state index in [0.29, 0.717) is 10.6 Å². The molecule has 0 saturated heterocycles. The highest BCUT2D eigenvalue weighted by Gasteiger charge is 2.27. The quantitative estimate of drug-likeness (QED) is 0.291. The summed E-state index contributed by atoms with van der Waals surface area (Å²) in [7, 11) is -4.06. The highest BCUT2D eigenvalue weighted by Crippen LogP contribution is 2.27. The van der Waals surface area contributed by atoms with Crippen LogP contribution in [0.5, 0.6) is 5.75 Å². The monoisotopic (exact) mass is 493 g/mol. The summed E-state index contributed by atoms with van der Waals surface area (Å²) in [5.74, 6) is -0.667. The molecule has 172 valence electrons. The van der Waals surface area contributed by atoms with Gasteiger partial charge in [-0.1, -0.05) is 66.2 Å². The number of hydrogen-bond donors (Lipinski definition) is 2. The van der Waals surface area contributed by atoms with E-state index in [1.807, 2.05) is 24.3 Å². The summed E-state index contributed by atoms with van der Waals surface area (Å²) in [5.41, 5.74) is 3.01. The second kappa shape index (κ2) is 9.94. The van der Waals surface area contributed by atoms with Gasteiger partial charge in [0.15, 0.2) is 0 Å². The molecule has 0 spiro atoms. The summed E-state index contributed by atoms with van der Waals surface area (Å²) in [6, 6.07) is 24.8. The summed E-state index contributed by atoms with van der Waals surface area (Å²) < 4.78 is 27.6. The third kappa shape index (κ3) is 5.03. The fourth-order valence-electron chi connectivity index (χ4n) is 3.42. The summed E-state index contributed by atoms with van der Waals surface area (Å²) >= 11 is 6.07. The number of carbonyl (C=O) groups is 1. The number of phenolic OH excluding ortho intramolecular Hbond substituents is 1. The molecule has 0 unspecified atom stereocenters. The van der Waals surface area contributed by atoms with E-state index in [2.05, 4.69) is 10.5 Å². The number of nitrogens with zero attached hydrogens (tertiary/aromatic N) is 2. The Hall–Kier alpha value is -3.88. The lowest BCUT2D eigenvalue weighted by atomic mass is 10.0. The van der Waals surface area contributed by atoms with E-state index in [1.165, 1.54) is 24.4 Å². The van der Waals surface area contributed by atoms with Gasteiger partial charge in [0.2, 0.25) is 0 Å². The number of carbonyl (C=O) groups excluding carboxylic acids is 1. The van der Waals surface area contributed by atoms with Crippen molar-refractivity contribution in [3.8, 4) is 5.75 Å². The van der Waals surface area contributed by atoms with Crippen molar-refractivity contribution in [2.45, 2.75) is 4.90 Å². The van der Waals surface area contributed by atoms with Crippen LogP contribution in [0.25, 0.3) is 10.8 Å². The van der Waals surface area contributed by atoms with E-state index in [-0.39, 0.29) is 16.3 Å². The normalized spacial score (nSPS) is 11.6. The van der Waals surface area contributed by atoms with Crippen LogP contribution in [0, 0.1) is 0 Å². The van der Waals surface area contributed by atoms with Gasteiger partial charge in [0, 0.05) is 10.6 Å². The Balaban J connectivity index is 1.59. The van der Waals surface area contributed by atoms with Crippen LogP contribution in [0.1, 0.15) is 5.56 Å². The van der Waals surface area contributed by atoms with Gasteiger partial charge in [0.1, 0.15) is 12.3 Å². The smallest absolute Gasteiger partial charge is 0.264 e. The maximum Gasteiger partial charge on any atom is 0.264 e. The fourth-order valence-corrected chi connectivity index (χ4v) is 5.04. The maximum absolute atomic E-state index is 13.3. The second-order valence-electron chi connectivity index (χ2n) is 7.32. The molecule has 0 bridgehead atoms. The molecule has 0 radical (unpaired) electrons. The molecule has 0 heterocycles. The van der Waals surface area contributed by atoms with Crippen molar-refractivity contribution >= 4 is 50.2 Å². The van der Waals surface area contributed by atoms with Crippen LogP contribution in [0.2, 0.25) is 5.02 Å². The van der Waals surface area contributed by atoms with Crippen molar-refractivity contribution in [1.82, 2.24) is 5.43 Å². The third-order valence-corrected chi connectivity index (χ3v) is 7.07. The molecule has 7 nitrogen and oxygen atoms in total. The molecule has 4 rings (SSSR count). The van der Waals surface area contributed by atoms with Crippen molar-refractivity contribution in [1.29, 1.82) is 0 Å². The maximum atomic E-state index is 13.3. The van der Waals surface area contributed by atoms with Crippen LogP contribution in [-0.2, 0) is 14.8 Å². The third-order valence-electron chi connectivity index (χ3n) is 5.05. The fraction of sp³-hybridized carbons (Fsp3) is 0.0400. The number of halogens is 1. The summed E-state index contributed by atoms with van der Waals surface area (Å²) in [6.45, 7) is -0.531. The van der Waals surface area contributed by atoms with E-state index >= 15 is 0 Å². The molecular weight excluding hydrogens is 474 g/mol. The Kier molecular flexibility index (Phi) is 6.81. The Morgan fingerprint density at radius 1 is 0.971 bits per heavy atom. The second-order valence-corrected chi connectivity index (χ2v) is 9.62. The number of amides is 1. The van der Waals surface area contributed by atoms with E-state index in [9.17, 15) is 18.3 Å². The average Bonchev–Trinajstić information content (AvgIpc) is 2.84.